The fourth-order valence-electron chi connectivity index (χ4n) is 4.27. The van der Waals surface area contributed by atoms with Crippen molar-refractivity contribution in [3.63, 3.8) is 0 Å². The molecule has 1 atom stereocenters. The minimum atomic E-state index is -0.711. The van der Waals surface area contributed by atoms with E-state index in [1.165, 1.54) is 12.0 Å². The van der Waals surface area contributed by atoms with Crippen LogP contribution in [-0.2, 0) is 9.47 Å². The van der Waals surface area contributed by atoms with Crippen molar-refractivity contribution in [2.75, 3.05) is 24.4 Å². The molecule has 1 unspecified atom stereocenters. The number of benzene rings is 1. The molecule has 2 aliphatic rings. The van der Waals surface area contributed by atoms with Gasteiger partial charge in [-0.15, -0.1) is 0 Å². The summed E-state index contributed by atoms with van der Waals surface area (Å²) in [5.41, 5.74) is 7.15. The van der Waals surface area contributed by atoms with E-state index >= 15 is 0 Å². The minimum Gasteiger partial charge on any atom is -0.495 e. The first-order valence-electron chi connectivity index (χ1n) is 11.7. The van der Waals surface area contributed by atoms with Gasteiger partial charge in [-0.3, -0.25) is 0 Å². The van der Waals surface area contributed by atoms with Crippen molar-refractivity contribution in [1.82, 2.24) is 14.9 Å². The van der Waals surface area contributed by atoms with Gasteiger partial charge in [-0.1, -0.05) is 5.16 Å². The van der Waals surface area contributed by atoms with Gasteiger partial charge in [-0.2, -0.15) is 5.10 Å². The Hall–Kier alpha value is -3.27. The summed E-state index contributed by atoms with van der Waals surface area (Å²) in [5.74, 6) is 1.52. The molecule has 1 aliphatic heterocycles. The second kappa shape index (κ2) is 8.50. The summed E-state index contributed by atoms with van der Waals surface area (Å²) in [6.07, 6.45) is 4.49. The fourth-order valence-corrected chi connectivity index (χ4v) is 4.27. The Labute approximate surface area is 197 Å². The lowest BCUT2D eigenvalue weighted by molar-refractivity contribution is -0.0410. The highest BCUT2D eigenvalue weighted by atomic mass is 16.6. The van der Waals surface area contributed by atoms with Crippen LogP contribution in [0.25, 0.3) is 11.0 Å². The maximum absolute atomic E-state index is 13.5. The van der Waals surface area contributed by atoms with Crippen LogP contribution in [-0.4, -0.2) is 40.3 Å². The van der Waals surface area contributed by atoms with E-state index in [0.717, 1.165) is 37.8 Å². The molecule has 1 aliphatic carbocycles. The van der Waals surface area contributed by atoms with E-state index in [-0.39, 0.29) is 12.0 Å². The van der Waals surface area contributed by atoms with Gasteiger partial charge in [0.15, 0.2) is 23.4 Å². The molecule has 34 heavy (non-hydrogen) atoms. The van der Waals surface area contributed by atoms with Crippen LogP contribution in [0, 0.1) is 0 Å². The Kier molecular flexibility index (Phi) is 5.63. The molecule has 0 bridgehead atoms. The number of nitrogens with zero attached hydrogens (tertiary/aromatic N) is 4. The zero-order chi connectivity index (χ0) is 24.0. The fraction of sp³-hybridized carbons (Fsp3) is 0.542. The Bertz CT molecular complexity index is 1200. The molecule has 1 amide bonds. The normalized spacial score (nSPS) is 18.8. The maximum Gasteiger partial charge on any atom is 0.420 e. The zero-order valence-electron chi connectivity index (χ0n) is 20.0. The van der Waals surface area contributed by atoms with Crippen LogP contribution in [0.3, 0.4) is 0 Å². The highest BCUT2D eigenvalue weighted by Crippen LogP contribution is 2.45. The highest BCUT2D eigenvalue weighted by molar-refractivity contribution is 6.01. The van der Waals surface area contributed by atoms with Crippen LogP contribution in [0.15, 0.2) is 22.7 Å². The molecule has 0 spiro atoms. The number of fused-ring (bicyclic) bond motifs is 1. The third-order valence-electron chi connectivity index (χ3n) is 6.02. The number of methoxy groups -OCH3 is 1. The first kappa shape index (κ1) is 22.5. The van der Waals surface area contributed by atoms with Gasteiger partial charge >= 0.3 is 6.09 Å². The summed E-state index contributed by atoms with van der Waals surface area (Å²) in [6.45, 7) is 6.18. The topological polar surface area (TPSA) is 118 Å². The van der Waals surface area contributed by atoms with Gasteiger partial charge in [-0.05, 0) is 58.9 Å². The van der Waals surface area contributed by atoms with E-state index in [9.17, 15) is 4.79 Å². The number of carbonyl (C=O) groups excluding carboxylic acids is 1. The highest BCUT2D eigenvalue weighted by Gasteiger charge is 2.36. The Morgan fingerprint density at radius 1 is 1.21 bits per heavy atom. The van der Waals surface area contributed by atoms with Crippen LogP contribution < -0.4 is 15.4 Å². The standard InChI is InChI=1S/C24H31N5O5/c1-24(2,3)33-23(30)28(17-12-18-15(11-19(17)31-4)22(25)27-34-18)20-13-16(14-8-9-14)29(26-20)21-7-5-6-10-32-21/h11-14,21H,5-10H2,1-4H3,(H2,25,27). The summed E-state index contributed by atoms with van der Waals surface area (Å²) in [5, 5.41) is 9.31. The molecule has 5 rings (SSSR count). The number of ether oxygens (including phenoxy) is 3. The first-order chi connectivity index (χ1) is 16.2. The van der Waals surface area contributed by atoms with Crippen molar-refractivity contribution in [2.45, 2.75) is 70.6 Å². The number of hydrogen-bond donors (Lipinski definition) is 1. The number of rotatable bonds is 5. The Balaban J connectivity index is 1.64. The van der Waals surface area contributed by atoms with E-state index < -0.39 is 11.7 Å². The van der Waals surface area contributed by atoms with Gasteiger partial charge in [0.1, 0.15) is 11.4 Å². The van der Waals surface area contributed by atoms with Gasteiger partial charge in [0.05, 0.1) is 18.2 Å². The second-order valence-corrected chi connectivity index (χ2v) is 9.87. The van der Waals surface area contributed by atoms with Gasteiger partial charge in [0, 0.05) is 30.4 Å². The number of nitrogen functional groups attached to an aromatic ring is 1. The van der Waals surface area contributed by atoms with Gasteiger partial charge in [-0.25, -0.2) is 14.4 Å². The number of amides is 1. The largest absolute Gasteiger partial charge is 0.495 e. The van der Waals surface area contributed by atoms with E-state index in [0.29, 0.717) is 40.7 Å². The summed E-state index contributed by atoms with van der Waals surface area (Å²) in [4.78, 5) is 15.0. The van der Waals surface area contributed by atoms with Crippen molar-refractivity contribution in [1.29, 1.82) is 0 Å². The molecule has 10 heteroatoms. The molecule has 10 nitrogen and oxygen atoms in total. The minimum absolute atomic E-state index is 0.142. The number of anilines is 3. The summed E-state index contributed by atoms with van der Waals surface area (Å²) in [6, 6.07) is 5.34. The van der Waals surface area contributed by atoms with E-state index in [4.69, 9.17) is 29.6 Å². The average molecular weight is 470 g/mol. The van der Waals surface area contributed by atoms with Crippen LogP contribution in [0.1, 0.15) is 70.7 Å². The molecule has 2 N–H and O–H groups in total. The quantitative estimate of drug-likeness (QED) is 0.537. The Morgan fingerprint density at radius 2 is 2.00 bits per heavy atom. The van der Waals surface area contributed by atoms with Crippen LogP contribution in [0.4, 0.5) is 22.1 Å². The molecule has 3 aromatic rings. The van der Waals surface area contributed by atoms with Crippen molar-refractivity contribution in [3.05, 3.63) is 23.9 Å². The Morgan fingerprint density at radius 3 is 2.65 bits per heavy atom. The smallest absolute Gasteiger partial charge is 0.420 e. The molecule has 3 heterocycles. The monoisotopic (exact) mass is 469 g/mol. The van der Waals surface area contributed by atoms with E-state index in [2.05, 4.69) is 5.16 Å². The van der Waals surface area contributed by atoms with E-state index in [1.54, 1.807) is 12.1 Å². The van der Waals surface area contributed by atoms with Crippen molar-refractivity contribution < 1.29 is 23.5 Å². The molecule has 2 fully saturated rings. The van der Waals surface area contributed by atoms with Crippen molar-refractivity contribution >= 4 is 34.4 Å². The molecule has 1 saturated carbocycles. The molecule has 2 aromatic heterocycles. The molecular formula is C24H31N5O5. The van der Waals surface area contributed by atoms with Crippen molar-refractivity contribution in [2.24, 2.45) is 0 Å². The molecule has 0 radical (unpaired) electrons. The van der Waals surface area contributed by atoms with Crippen molar-refractivity contribution in [3.8, 4) is 5.75 Å². The van der Waals surface area contributed by atoms with E-state index in [1.807, 2.05) is 31.5 Å². The lowest BCUT2D eigenvalue weighted by Gasteiger charge is -2.27. The number of aromatic nitrogens is 3. The summed E-state index contributed by atoms with van der Waals surface area (Å²) in [7, 11) is 1.53. The van der Waals surface area contributed by atoms with Crippen LogP contribution in [0.5, 0.6) is 5.75 Å². The van der Waals surface area contributed by atoms with Gasteiger partial charge in [0.25, 0.3) is 0 Å². The third kappa shape index (κ3) is 4.29. The van der Waals surface area contributed by atoms with Crippen LogP contribution >= 0.6 is 0 Å². The predicted molar refractivity (Wildman–Crippen MR) is 126 cm³/mol. The predicted octanol–water partition coefficient (Wildman–Crippen LogP) is 5.26. The van der Waals surface area contributed by atoms with Gasteiger partial charge in [0.2, 0.25) is 0 Å². The molecule has 182 valence electrons. The maximum atomic E-state index is 13.5. The SMILES string of the molecule is COc1cc2c(N)noc2cc1N(C(=O)OC(C)(C)C)c1cc(C2CC2)n(C2CCCCO2)n1. The van der Waals surface area contributed by atoms with Gasteiger partial charge < -0.3 is 24.5 Å². The molecular weight excluding hydrogens is 438 g/mol. The summed E-state index contributed by atoms with van der Waals surface area (Å²) >= 11 is 0. The number of carbonyl (C=O) groups is 1. The molecule has 1 saturated heterocycles. The lowest BCUT2D eigenvalue weighted by atomic mass is 10.1. The number of hydrogen-bond acceptors (Lipinski definition) is 8. The number of nitrogens with two attached hydrogens (primary N) is 1. The third-order valence-corrected chi connectivity index (χ3v) is 6.02. The average Bonchev–Trinajstić information content (AvgIpc) is 3.46. The first-order valence-corrected chi connectivity index (χ1v) is 11.7. The second-order valence-electron chi connectivity index (χ2n) is 9.87. The zero-order valence-corrected chi connectivity index (χ0v) is 20.0. The molecule has 1 aromatic carbocycles. The van der Waals surface area contributed by atoms with Crippen LogP contribution in [0.2, 0.25) is 0 Å². The lowest BCUT2D eigenvalue weighted by Crippen LogP contribution is -2.34. The summed E-state index contributed by atoms with van der Waals surface area (Å²) < 4.78 is 24.8.